The summed E-state index contributed by atoms with van der Waals surface area (Å²) >= 11 is 0. The number of hydrogen-bond donors (Lipinski definition) is 4. The average molecular weight is 483 g/mol. The monoisotopic (exact) mass is 482 g/mol. The Morgan fingerprint density at radius 3 is 1.44 bits per heavy atom. The molecule has 0 amide bonds. The molecule has 172 valence electrons. The first-order valence-electron chi connectivity index (χ1n) is 9.62. The minimum absolute atomic E-state index is 0.118. The normalized spacial score (nSPS) is 20.2. The molecule has 0 spiro atoms. The van der Waals surface area contributed by atoms with Crippen LogP contribution in [0.15, 0.2) is 56.2 Å². The van der Waals surface area contributed by atoms with Gasteiger partial charge in [0.15, 0.2) is 0 Å². The fraction of sp³-hybridized carbons (Fsp3) is 0.300. The summed E-state index contributed by atoms with van der Waals surface area (Å²) in [6, 6.07) is 6.03. The number of hydrogen-bond acceptors (Lipinski definition) is 8. The van der Waals surface area contributed by atoms with Crippen molar-refractivity contribution in [2.45, 2.75) is 47.6 Å². The molecular formula is C20H22N2O8S2. The molecule has 2 aromatic carbocycles. The van der Waals surface area contributed by atoms with Crippen LogP contribution in [0.1, 0.15) is 36.8 Å². The molecule has 1 fully saturated rings. The van der Waals surface area contributed by atoms with Gasteiger partial charge in [-0.2, -0.15) is 16.8 Å². The number of aromatic hydroxyl groups is 2. The molecule has 10 nitrogen and oxygen atoms in total. The fourth-order valence-electron chi connectivity index (χ4n) is 3.38. The molecule has 1 aliphatic carbocycles. The van der Waals surface area contributed by atoms with Gasteiger partial charge in [0.25, 0.3) is 20.2 Å². The van der Waals surface area contributed by atoms with E-state index in [9.17, 15) is 36.2 Å². The van der Waals surface area contributed by atoms with Crippen LogP contribution in [0.4, 0.5) is 0 Å². The Balaban J connectivity index is 1.85. The summed E-state index contributed by atoms with van der Waals surface area (Å²) in [6.07, 6.45) is 5.75. The molecule has 2 atom stereocenters. The van der Waals surface area contributed by atoms with Crippen molar-refractivity contribution in [1.82, 2.24) is 0 Å². The minimum atomic E-state index is -4.43. The molecule has 2 aromatic rings. The Hall–Kier alpha value is -2.80. The predicted octanol–water partition coefficient (Wildman–Crippen LogP) is 2.44. The van der Waals surface area contributed by atoms with Crippen molar-refractivity contribution in [1.29, 1.82) is 0 Å². The van der Waals surface area contributed by atoms with E-state index in [0.717, 1.165) is 49.2 Å². The van der Waals surface area contributed by atoms with Crippen LogP contribution in [0.3, 0.4) is 0 Å². The molecule has 0 aromatic heterocycles. The summed E-state index contributed by atoms with van der Waals surface area (Å²) in [6.45, 7) is 0. The molecule has 1 saturated carbocycles. The van der Waals surface area contributed by atoms with Crippen molar-refractivity contribution in [3.05, 3.63) is 47.5 Å². The van der Waals surface area contributed by atoms with Crippen molar-refractivity contribution in [2.24, 2.45) is 9.98 Å². The Bertz CT molecular complexity index is 1170. The highest BCUT2D eigenvalue weighted by Crippen LogP contribution is 2.26. The van der Waals surface area contributed by atoms with Gasteiger partial charge in [0, 0.05) is 23.6 Å². The largest absolute Gasteiger partial charge is 0.507 e. The van der Waals surface area contributed by atoms with Crippen molar-refractivity contribution < 1.29 is 36.2 Å². The molecule has 0 heterocycles. The zero-order valence-electron chi connectivity index (χ0n) is 16.7. The van der Waals surface area contributed by atoms with Gasteiger partial charge in [0.05, 0.1) is 21.9 Å². The van der Waals surface area contributed by atoms with E-state index < -0.39 is 20.2 Å². The number of nitrogens with zero attached hydrogens (tertiary/aromatic N) is 2. The maximum absolute atomic E-state index is 11.3. The second kappa shape index (κ2) is 9.36. The minimum Gasteiger partial charge on any atom is -0.507 e. The molecule has 0 radical (unpaired) electrons. The fourth-order valence-corrected chi connectivity index (χ4v) is 4.42. The Morgan fingerprint density at radius 2 is 1.09 bits per heavy atom. The predicted molar refractivity (Wildman–Crippen MR) is 117 cm³/mol. The highest BCUT2D eigenvalue weighted by Gasteiger charge is 2.24. The first kappa shape index (κ1) is 23.9. The van der Waals surface area contributed by atoms with E-state index >= 15 is 0 Å². The van der Waals surface area contributed by atoms with Gasteiger partial charge in [-0.3, -0.25) is 19.1 Å². The summed E-state index contributed by atoms with van der Waals surface area (Å²) < 4.78 is 63.7. The molecule has 12 heteroatoms. The SMILES string of the molecule is O=S(=O)(O)c1ccc(O)c(C=N[C@H]2CCCC[C@@H]2N=Cc2cc(S(=O)(=O)O)ccc2O)c1. The van der Waals surface area contributed by atoms with Gasteiger partial charge in [-0.05, 0) is 49.2 Å². The van der Waals surface area contributed by atoms with Crippen molar-refractivity contribution >= 4 is 32.7 Å². The molecule has 0 saturated heterocycles. The lowest BCUT2D eigenvalue weighted by Crippen LogP contribution is -2.27. The molecule has 0 aliphatic heterocycles. The highest BCUT2D eigenvalue weighted by molar-refractivity contribution is 7.86. The quantitative estimate of drug-likeness (QED) is 0.359. The third-order valence-corrected chi connectivity index (χ3v) is 6.80. The number of aliphatic imine (C=N–C) groups is 2. The maximum Gasteiger partial charge on any atom is 0.294 e. The third-order valence-electron chi connectivity index (χ3n) is 5.10. The lowest BCUT2D eigenvalue weighted by atomic mass is 9.91. The van der Waals surface area contributed by atoms with Gasteiger partial charge in [0.2, 0.25) is 0 Å². The average Bonchev–Trinajstić information content (AvgIpc) is 2.71. The Labute approximate surface area is 185 Å². The summed E-state index contributed by atoms with van der Waals surface area (Å²) in [5.41, 5.74) is 0.235. The first-order chi connectivity index (χ1) is 14.9. The maximum atomic E-state index is 11.3. The van der Waals surface area contributed by atoms with E-state index in [4.69, 9.17) is 0 Å². The molecular weight excluding hydrogens is 460 g/mol. The van der Waals surface area contributed by atoms with E-state index in [1.54, 1.807) is 0 Å². The van der Waals surface area contributed by atoms with Crippen molar-refractivity contribution in [2.75, 3.05) is 0 Å². The van der Waals surface area contributed by atoms with Gasteiger partial charge >= 0.3 is 0 Å². The van der Waals surface area contributed by atoms with E-state index in [1.807, 2.05) is 0 Å². The lowest BCUT2D eigenvalue weighted by molar-refractivity contribution is 0.390. The topological polar surface area (TPSA) is 174 Å². The summed E-state index contributed by atoms with van der Waals surface area (Å²) in [5, 5.41) is 20.0. The van der Waals surface area contributed by atoms with Gasteiger partial charge in [-0.15, -0.1) is 0 Å². The summed E-state index contributed by atoms with van der Waals surface area (Å²) in [7, 11) is -8.87. The van der Waals surface area contributed by atoms with Crippen LogP contribution < -0.4 is 0 Å². The van der Waals surface area contributed by atoms with E-state index in [-0.39, 0.29) is 44.5 Å². The second-order valence-corrected chi connectivity index (χ2v) is 10.2. The van der Waals surface area contributed by atoms with Crippen LogP contribution in [0, 0.1) is 0 Å². The zero-order valence-corrected chi connectivity index (χ0v) is 18.4. The van der Waals surface area contributed by atoms with Crippen LogP contribution in [-0.4, -0.2) is 60.7 Å². The second-order valence-electron chi connectivity index (χ2n) is 7.37. The van der Waals surface area contributed by atoms with Crippen LogP contribution in [0.5, 0.6) is 11.5 Å². The molecule has 3 rings (SSSR count). The molecule has 0 bridgehead atoms. The van der Waals surface area contributed by atoms with Gasteiger partial charge in [-0.25, -0.2) is 0 Å². The van der Waals surface area contributed by atoms with Gasteiger partial charge in [-0.1, -0.05) is 12.8 Å². The van der Waals surface area contributed by atoms with Gasteiger partial charge in [0.1, 0.15) is 11.5 Å². The van der Waals surface area contributed by atoms with Crippen LogP contribution in [0.2, 0.25) is 0 Å². The van der Waals surface area contributed by atoms with Crippen LogP contribution in [0.25, 0.3) is 0 Å². The number of phenols is 2. The molecule has 0 unspecified atom stereocenters. The number of phenolic OH excluding ortho intramolecular Hbond substituents is 2. The van der Waals surface area contributed by atoms with Crippen LogP contribution in [-0.2, 0) is 20.2 Å². The Kier molecular flexibility index (Phi) is 6.98. The van der Waals surface area contributed by atoms with Crippen molar-refractivity contribution in [3.63, 3.8) is 0 Å². The first-order valence-corrected chi connectivity index (χ1v) is 12.5. The standard InChI is InChI=1S/C20H22N2O8S2/c23-19-7-5-15(31(25,26)27)9-13(19)11-21-17-3-1-2-4-18(17)22-12-14-10-16(32(28,29)30)6-8-20(14)24/h5-12,17-18,23-24H,1-4H2,(H,25,26,27)(H,28,29,30)/t17-,18-/m0/s1. The smallest absolute Gasteiger partial charge is 0.294 e. The third kappa shape index (κ3) is 5.91. The lowest BCUT2D eigenvalue weighted by Gasteiger charge is -2.25. The number of rotatable bonds is 6. The highest BCUT2D eigenvalue weighted by atomic mass is 32.2. The Morgan fingerprint density at radius 1 is 0.719 bits per heavy atom. The summed E-state index contributed by atoms with van der Waals surface area (Å²) in [5.74, 6) is -0.409. The molecule has 32 heavy (non-hydrogen) atoms. The van der Waals surface area contributed by atoms with Gasteiger partial charge < -0.3 is 10.2 Å². The van der Waals surface area contributed by atoms with Crippen LogP contribution >= 0.6 is 0 Å². The van der Waals surface area contributed by atoms with E-state index in [2.05, 4.69) is 9.98 Å². The molecule has 4 N–H and O–H groups in total. The van der Waals surface area contributed by atoms with Crippen molar-refractivity contribution in [3.8, 4) is 11.5 Å². The van der Waals surface area contributed by atoms with E-state index in [1.165, 1.54) is 12.4 Å². The van der Waals surface area contributed by atoms with E-state index in [0.29, 0.717) is 12.8 Å². The number of benzene rings is 2. The molecule has 1 aliphatic rings. The zero-order chi connectivity index (χ0) is 23.5. The summed E-state index contributed by atoms with van der Waals surface area (Å²) in [4.78, 5) is 8.13.